The van der Waals surface area contributed by atoms with Crippen LogP contribution in [0.3, 0.4) is 0 Å². The van der Waals surface area contributed by atoms with Gasteiger partial charge in [-0.15, -0.1) is 0 Å². The van der Waals surface area contributed by atoms with Gasteiger partial charge in [-0.1, -0.05) is 29.8 Å². The van der Waals surface area contributed by atoms with Gasteiger partial charge in [-0.05, 0) is 42.3 Å². The van der Waals surface area contributed by atoms with E-state index in [1.165, 1.54) is 31.4 Å². The number of methoxy groups -OCH3 is 1. The molecule has 5 nitrogen and oxygen atoms in total. The average molecular weight is 354 g/mol. The summed E-state index contributed by atoms with van der Waals surface area (Å²) in [6, 6.07) is 12.9. The minimum atomic E-state index is -3.69. The Morgan fingerprint density at radius 2 is 1.87 bits per heavy atom. The van der Waals surface area contributed by atoms with Crippen LogP contribution in [0.2, 0.25) is 5.02 Å². The summed E-state index contributed by atoms with van der Waals surface area (Å²) in [6.07, 6.45) is 0.535. The fraction of sp³-hybridized carbons (Fsp3) is 0.188. The van der Waals surface area contributed by atoms with E-state index in [-0.39, 0.29) is 17.0 Å². The van der Waals surface area contributed by atoms with Crippen molar-refractivity contribution in [3.8, 4) is 0 Å². The van der Waals surface area contributed by atoms with Gasteiger partial charge in [0.2, 0.25) is 10.0 Å². The lowest BCUT2D eigenvalue weighted by atomic mass is 10.2. The van der Waals surface area contributed by atoms with Gasteiger partial charge in [0.15, 0.2) is 0 Å². The maximum atomic E-state index is 12.3. The van der Waals surface area contributed by atoms with Crippen LogP contribution in [0.4, 0.5) is 0 Å². The number of esters is 1. The standard InChI is InChI=1S/C16H16ClNO4S/c1-22-16(19)13-3-2-4-15(11-13)23(20,21)18-10-9-12-5-7-14(17)8-6-12/h2-8,11,18H,9-10H2,1H3. The lowest BCUT2D eigenvalue weighted by Crippen LogP contribution is -2.26. The number of halogens is 1. The van der Waals surface area contributed by atoms with Crippen LogP contribution in [0, 0.1) is 0 Å². The monoisotopic (exact) mass is 353 g/mol. The van der Waals surface area contributed by atoms with Crippen molar-refractivity contribution in [2.45, 2.75) is 11.3 Å². The SMILES string of the molecule is COC(=O)c1cccc(S(=O)(=O)NCCc2ccc(Cl)cc2)c1. The summed E-state index contributed by atoms with van der Waals surface area (Å²) in [7, 11) is -2.44. The number of hydrogen-bond donors (Lipinski definition) is 1. The highest BCUT2D eigenvalue weighted by atomic mass is 35.5. The van der Waals surface area contributed by atoms with Crippen LogP contribution < -0.4 is 4.72 Å². The minimum absolute atomic E-state index is 0.0245. The molecule has 0 saturated carbocycles. The number of nitrogens with one attached hydrogen (secondary N) is 1. The van der Waals surface area contributed by atoms with E-state index in [1.807, 2.05) is 12.1 Å². The van der Waals surface area contributed by atoms with E-state index in [1.54, 1.807) is 12.1 Å². The molecule has 0 saturated heterocycles. The minimum Gasteiger partial charge on any atom is -0.465 e. The van der Waals surface area contributed by atoms with Gasteiger partial charge in [0.25, 0.3) is 0 Å². The Labute approximate surface area is 140 Å². The second kappa shape index (κ2) is 7.59. The zero-order chi connectivity index (χ0) is 16.9. The first-order valence-corrected chi connectivity index (χ1v) is 8.71. The molecule has 2 rings (SSSR count). The highest BCUT2D eigenvalue weighted by Gasteiger charge is 2.16. The van der Waals surface area contributed by atoms with Crippen molar-refractivity contribution in [3.05, 3.63) is 64.7 Å². The first-order valence-electron chi connectivity index (χ1n) is 6.85. The van der Waals surface area contributed by atoms with E-state index in [9.17, 15) is 13.2 Å². The molecule has 2 aromatic carbocycles. The van der Waals surface area contributed by atoms with Crippen molar-refractivity contribution >= 4 is 27.6 Å². The second-order valence-electron chi connectivity index (χ2n) is 4.79. The number of rotatable bonds is 6. The predicted octanol–water partition coefficient (Wildman–Crippen LogP) is 2.65. The predicted molar refractivity (Wildman–Crippen MR) is 88.1 cm³/mol. The molecule has 0 atom stereocenters. The summed E-state index contributed by atoms with van der Waals surface area (Å²) < 4.78 is 31.6. The fourth-order valence-electron chi connectivity index (χ4n) is 1.97. The number of carbonyl (C=O) groups excluding carboxylic acids is 1. The average Bonchev–Trinajstić information content (AvgIpc) is 2.56. The van der Waals surface area contributed by atoms with Crippen LogP contribution >= 0.6 is 11.6 Å². The molecule has 0 fully saturated rings. The summed E-state index contributed by atoms with van der Waals surface area (Å²) >= 11 is 5.80. The number of carbonyl (C=O) groups is 1. The van der Waals surface area contributed by atoms with Crippen LogP contribution in [-0.2, 0) is 21.2 Å². The van der Waals surface area contributed by atoms with Crippen molar-refractivity contribution < 1.29 is 17.9 Å². The highest BCUT2D eigenvalue weighted by Crippen LogP contribution is 2.13. The Morgan fingerprint density at radius 3 is 2.52 bits per heavy atom. The molecule has 2 aromatic rings. The molecular weight excluding hydrogens is 338 g/mol. The van der Waals surface area contributed by atoms with Crippen molar-refractivity contribution in [1.82, 2.24) is 4.72 Å². The summed E-state index contributed by atoms with van der Waals surface area (Å²) in [4.78, 5) is 11.5. The van der Waals surface area contributed by atoms with Crippen molar-refractivity contribution in [3.63, 3.8) is 0 Å². The second-order valence-corrected chi connectivity index (χ2v) is 7.00. The molecular formula is C16H16ClNO4S. The van der Waals surface area contributed by atoms with E-state index in [0.717, 1.165) is 5.56 Å². The van der Waals surface area contributed by atoms with Gasteiger partial charge in [-0.25, -0.2) is 17.9 Å². The Morgan fingerprint density at radius 1 is 1.17 bits per heavy atom. The molecule has 1 N–H and O–H groups in total. The molecule has 0 heterocycles. The quantitative estimate of drug-likeness (QED) is 0.810. The molecule has 0 bridgehead atoms. The summed E-state index contributed by atoms with van der Waals surface area (Å²) in [5, 5.41) is 0.633. The van der Waals surface area contributed by atoms with E-state index >= 15 is 0 Å². The molecule has 0 amide bonds. The van der Waals surface area contributed by atoms with Gasteiger partial charge < -0.3 is 4.74 Å². The summed E-state index contributed by atoms with van der Waals surface area (Å²) in [6.45, 7) is 0.242. The number of hydrogen-bond acceptors (Lipinski definition) is 4. The van der Waals surface area contributed by atoms with Crippen molar-refractivity contribution in [1.29, 1.82) is 0 Å². The molecule has 0 radical (unpaired) electrons. The largest absolute Gasteiger partial charge is 0.465 e. The van der Waals surface area contributed by atoms with E-state index in [4.69, 9.17) is 11.6 Å². The zero-order valence-corrected chi connectivity index (χ0v) is 14.0. The van der Waals surface area contributed by atoms with Gasteiger partial charge >= 0.3 is 5.97 Å². The van der Waals surface area contributed by atoms with Crippen LogP contribution in [0.15, 0.2) is 53.4 Å². The van der Waals surface area contributed by atoms with E-state index in [2.05, 4.69) is 9.46 Å². The molecule has 23 heavy (non-hydrogen) atoms. The molecule has 0 unspecified atom stereocenters. The number of benzene rings is 2. The molecule has 0 aromatic heterocycles. The van der Waals surface area contributed by atoms with Crippen LogP contribution in [0.5, 0.6) is 0 Å². The maximum absolute atomic E-state index is 12.3. The van der Waals surface area contributed by atoms with Gasteiger partial charge in [0, 0.05) is 11.6 Å². The molecule has 0 aliphatic rings. The normalized spacial score (nSPS) is 11.2. The maximum Gasteiger partial charge on any atom is 0.337 e. The van der Waals surface area contributed by atoms with Crippen molar-refractivity contribution in [2.24, 2.45) is 0 Å². The smallest absolute Gasteiger partial charge is 0.337 e. The Balaban J connectivity index is 2.04. The summed E-state index contributed by atoms with van der Waals surface area (Å²) in [5.41, 5.74) is 1.16. The fourth-order valence-corrected chi connectivity index (χ4v) is 3.18. The van der Waals surface area contributed by atoms with E-state index < -0.39 is 16.0 Å². The van der Waals surface area contributed by atoms with Gasteiger partial charge in [0.05, 0.1) is 17.6 Å². The van der Waals surface area contributed by atoms with Crippen LogP contribution in [0.1, 0.15) is 15.9 Å². The number of sulfonamides is 1. The third kappa shape index (κ3) is 4.79. The zero-order valence-electron chi connectivity index (χ0n) is 12.5. The lowest BCUT2D eigenvalue weighted by molar-refractivity contribution is 0.0600. The highest BCUT2D eigenvalue weighted by molar-refractivity contribution is 7.89. The molecule has 0 spiro atoms. The third-order valence-electron chi connectivity index (χ3n) is 3.18. The van der Waals surface area contributed by atoms with Gasteiger partial charge in [-0.3, -0.25) is 0 Å². The summed E-state index contributed by atoms with van der Waals surface area (Å²) in [5.74, 6) is -0.580. The first kappa shape index (κ1) is 17.5. The Bertz CT molecular complexity index is 788. The molecule has 122 valence electrons. The van der Waals surface area contributed by atoms with E-state index in [0.29, 0.717) is 11.4 Å². The molecule has 7 heteroatoms. The third-order valence-corrected chi connectivity index (χ3v) is 4.90. The van der Waals surface area contributed by atoms with Gasteiger partial charge in [0.1, 0.15) is 0 Å². The lowest BCUT2D eigenvalue weighted by Gasteiger charge is -2.08. The van der Waals surface area contributed by atoms with Gasteiger partial charge in [-0.2, -0.15) is 0 Å². The number of ether oxygens (including phenoxy) is 1. The van der Waals surface area contributed by atoms with Crippen molar-refractivity contribution in [2.75, 3.05) is 13.7 Å². The Kier molecular flexibility index (Phi) is 5.76. The molecule has 0 aliphatic heterocycles. The van der Waals surface area contributed by atoms with Crippen LogP contribution in [0.25, 0.3) is 0 Å². The molecule has 0 aliphatic carbocycles. The first-order chi connectivity index (χ1) is 10.9. The van der Waals surface area contributed by atoms with Crippen LogP contribution in [-0.4, -0.2) is 28.0 Å². The Hall–Kier alpha value is -1.89. The topological polar surface area (TPSA) is 72.5 Å².